The van der Waals surface area contributed by atoms with Crippen molar-refractivity contribution in [1.29, 1.82) is 0 Å². The van der Waals surface area contributed by atoms with Gasteiger partial charge in [0.25, 0.3) is 5.91 Å². The number of thioether (sulfide) groups is 1. The number of amides is 1. The lowest BCUT2D eigenvalue weighted by atomic mass is 10.1. The molecule has 0 saturated heterocycles. The number of hydrogen-bond acceptors (Lipinski definition) is 4. The van der Waals surface area contributed by atoms with E-state index in [2.05, 4.69) is 0 Å². The van der Waals surface area contributed by atoms with E-state index in [1.807, 2.05) is 6.26 Å². The first-order chi connectivity index (χ1) is 5.09. The molecule has 4 nitrogen and oxygen atoms in total. The van der Waals surface area contributed by atoms with Crippen LogP contribution in [0.5, 0.6) is 0 Å². The summed E-state index contributed by atoms with van der Waals surface area (Å²) >= 11 is 1.57. The number of carbonyl (C=O) groups is 2. The zero-order chi connectivity index (χ0) is 8.85. The molecule has 5 heteroatoms. The van der Waals surface area contributed by atoms with Crippen LogP contribution < -0.4 is 11.5 Å². The fraction of sp³-hybridized carbons (Fsp3) is 0.667. The van der Waals surface area contributed by atoms with Gasteiger partial charge in [-0.25, -0.2) is 0 Å². The van der Waals surface area contributed by atoms with Gasteiger partial charge < -0.3 is 11.5 Å². The lowest BCUT2D eigenvalue weighted by Crippen LogP contribution is -2.40. The molecule has 64 valence electrons. The maximum Gasteiger partial charge on any atom is 0.286 e. The van der Waals surface area contributed by atoms with Crippen molar-refractivity contribution in [3.63, 3.8) is 0 Å². The third-order valence-corrected chi connectivity index (χ3v) is 1.86. The first kappa shape index (κ1) is 10.4. The Hall–Kier alpha value is -0.550. The molecule has 0 aliphatic carbocycles. The number of rotatable bonds is 5. The SMILES string of the molecule is CSCCC(N)C(=O)C(N)=O. The number of ketones is 1. The van der Waals surface area contributed by atoms with Gasteiger partial charge >= 0.3 is 0 Å². The molecule has 0 bridgehead atoms. The molecule has 0 aliphatic rings. The molecule has 0 fully saturated rings. The van der Waals surface area contributed by atoms with Crippen LogP contribution in [-0.2, 0) is 9.59 Å². The molecule has 0 aliphatic heterocycles. The molecule has 1 amide bonds. The van der Waals surface area contributed by atoms with E-state index in [4.69, 9.17) is 11.5 Å². The summed E-state index contributed by atoms with van der Waals surface area (Å²) in [4.78, 5) is 21.0. The highest BCUT2D eigenvalue weighted by Gasteiger charge is 2.17. The molecule has 0 rings (SSSR count). The van der Waals surface area contributed by atoms with Crippen LogP contribution in [0.2, 0.25) is 0 Å². The van der Waals surface area contributed by atoms with Crippen molar-refractivity contribution < 1.29 is 9.59 Å². The van der Waals surface area contributed by atoms with E-state index in [9.17, 15) is 9.59 Å². The summed E-state index contributed by atoms with van der Waals surface area (Å²) in [6, 6.07) is -0.722. The molecule has 11 heavy (non-hydrogen) atoms. The van der Waals surface area contributed by atoms with Gasteiger partial charge in [-0.15, -0.1) is 0 Å². The van der Waals surface area contributed by atoms with E-state index in [1.54, 1.807) is 11.8 Å². The van der Waals surface area contributed by atoms with Gasteiger partial charge in [0.05, 0.1) is 6.04 Å². The Morgan fingerprint density at radius 2 is 2.09 bits per heavy atom. The van der Waals surface area contributed by atoms with E-state index in [0.29, 0.717) is 6.42 Å². The second kappa shape index (κ2) is 5.15. The Labute approximate surface area is 69.7 Å². The van der Waals surface area contributed by atoms with Crippen LogP contribution in [0.25, 0.3) is 0 Å². The number of carbonyl (C=O) groups excluding carboxylic acids is 2. The molecule has 0 saturated carbocycles. The summed E-state index contributed by atoms with van der Waals surface area (Å²) in [5.74, 6) is -0.863. The lowest BCUT2D eigenvalue weighted by molar-refractivity contribution is -0.136. The molecule has 0 spiro atoms. The second-order valence-electron chi connectivity index (χ2n) is 2.12. The zero-order valence-corrected chi connectivity index (χ0v) is 7.19. The van der Waals surface area contributed by atoms with Gasteiger partial charge in [-0.1, -0.05) is 0 Å². The highest BCUT2D eigenvalue weighted by Crippen LogP contribution is 1.98. The van der Waals surface area contributed by atoms with Crippen molar-refractivity contribution in [2.75, 3.05) is 12.0 Å². The van der Waals surface area contributed by atoms with Crippen LogP contribution in [-0.4, -0.2) is 29.7 Å². The van der Waals surface area contributed by atoms with Crippen LogP contribution >= 0.6 is 11.8 Å². The van der Waals surface area contributed by atoms with E-state index < -0.39 is 17.7 Å². The van der Waals surface area contributed by atoms with Crippen molar-refractivity contribution >= 4 is 23.5 Å². The third kappa shape index (κ3) is 4.00. The van der Waals surface area contributed by atoms with Gasteiger partial charge in [-0.3, -0.25) is 9.59 Å². The van der Waals surface area contributed by atoms with E-state index in [-0.39, 0.29) is 0 Å². The Morgan fingerprint density at radius 3 is 2.45 bits per heavy atom. The monoisotopic (exact) mass is 176 g/mol. The highest BCUT2D eigenvalue weighted by molar-refractivity contribution is 7.98. The summed E-state index contributed by atoms with van der Waals surface area (Å²) in [5, 5.41) is 0. The average molecular weight is 176 g/mol. The zero-order valence-electron chi connectivity index (χ0n) is 6.37. The average Bonchev–Trinajstić information content (AvgIpc) is 1.98. The molecule has 0 aromatic rings. The molecule has 4 N–H and O–H groups in total. The highest BCUT2D eigenvalue weighted by atomic mass is 32.2. The standard InChI is InChI=1S/C6H12N2O2S/c1-11-3-2-4(7)5(9)6(8)10/h4H,2-3,7H2,1H3,(H2,8,10). The lowest BCUT2D eigenvalue weighted by Gasteiger charge is -2.05. The molecule has 0 aromatic carbocycles. The Morgan fingerprint density at radius 1 is 1.55 bits per heavy atom. The van der Waals surface area contributed by atoms with Gasteiger partial charge in [-0.05, 0) is 18.4 Å². The molecular weight excluding hydrogens is 164 g/mol. The largest absolute Gasteiger partial charge is 0.363 e. The number of hydrogen-bond donors (Lipinski definition) is 2. The van der Waals surface area contributed by atoms with Gasteiger partial charge in [-0.2, -0.15) is 11.8 Å². The van der Waals surface area contributed by atoms with Gasteiger partial charge in [0.2, 0.25) is 5.78 Å². The number of primary amides is 1. The predicted octanol–water partition coefficient (Wildman–Crippen LogP) is -0.879. The summed E-state index contributed by atoms with van der Waals surface area (Å²) in [7, 11) is 0. The predicted molar refractivity (Wildman–Crippen MR) is 45.2 cm³/mol. The molecule has 0 radical (unpaired) electrons. The van der Waals surface area contributed by atoms with Crippen LogP contribution in [0.1, 0.15) is 6.42 Å². The van der Waals surface area contributed by atoms with Crippen molar-refractivity contribution in [2.45, 2.75) is 12.5 Å². The van der Waals surface area contributed by atoms with Crippen molar-refractivity contribution in [3.8, 4) is 0 Å². The first-order valence-corrected chi connectivity index (χ1v) is 4.57. The molecule has 1 unspecified atom stereocenters. The minimum absolute atomic E-state index is 0.503. The Kier molecular flexibility index (Phi) is 4.89. The normalized spacial score (nSPS) is 12.5. The molecule has 0 heterocycles. The van der Waals surface area contributed by atoms with Crippen LogP contribution in [0.4, 0.5) is 0 Å². The van der Waals surface area contributed by atoms with Crippen LogP contribution in [0, 0.1) is 0 Å². The Balaban J connectivity index is 3.73. The summed E-state index contributed by atoms with van der Waals surface area (Å²) in [6.45, 7) is 0. The Bertz CT molecular complexity index is 161. The van der Waals surface area contributed by atoms with Crippen molar-refractivity contribution in [1.82, 2.24) is 0 Å². The number of Topliss-reactive ketones (excluding diaryl/α,β-unsaturated/α-hetero) is 1. The van der Waals surface area contributed by atoms with E-state index >= 15 is 0 Å². The minimum atomic E-state index is -0.946. The maximum absolute atomic E-state index is 10.7. The maximum atomic E-state index is 10.7. The van der Waals surface area contributed by atoms with Crippen LogP contribution in [0.15, 0.2) is 0 Å². The summed E-state index contributed by atoms with van der Waals surface area (Å²) < 4.78 is 0. The van der Waals surface area contributed by atoms with E-state index in [1.165, 1.54) is 0 Å². The topological polar surface area (TPSA) is 86.2 Å². The van der Waals surface area contributed by atoms with Crippen molar-refractivity contribution in [3.05, 3.63) is 0 Å². The molecule has 0 aromatic heterocycles. The fourth-order valence-electron chi connectivity index (χ4n) is 0.559. The van der Waals surface area contributed by atoms with Gasteiger partial charge in [0.1, 0.15) is 0 Å². The summed E-state index contributed by atoms with van der Waals surface area (Å²) in [6.07, 6.45) is 2.41. The van der Waals surface area contributed by atoms with Gasteiger partial charge in [0, 0.05) is 0 Å². The van der Waals surface area contributed by atoms with Crippen LogP contribution in [0.3, 0.4) is 0 Å². The molecule has 1 atom stereocenters. The smallest absolute Gasteiger partial charge is 0.286 e. The third-order valence-electron chi connectivity index (χ3n) is 1.21. The quantitative estimate of drug-likeness (QED) is 0.533. The van der Waals surface area contributed by atoms with E-state index in [0.717, 1.165) is 5.75 Å². The molecular formula is C6H12N2O2S. The fourth-order valence-corrected chi connectivity index (χ4v) is 1.05. The van der Waals surface area contributed by atoms with Gasteiger partial charge in [0.15, 0.2) is 0 Å². The van der Waals surface area contributed by atoms with Crippen molar-refractivity contribution in [2.24, 2.45) is 11.5 Å². The minimum Gasteiger partial charge on any atom is -0.363 e. The second-order valence-corrected chi connectivity index (χ2v) is 3.10. The number of nitrogens with two attached hydrogens (primary N) is 2. The first-order valence-electron chi connectivity index (χ1n) is 3.17. The summed E-state index contributed by atoms with van der Waals surface area (Å²) in [5.41, 5.74) is 10.1.